The van der Waals surface area contributed by atoms with Crippen LogP contribution in [0.2, 0.25) is 0 Å². The zero-order valence-corrected chi connectivity index (χ0v) is 43.4. The van der Waals surface area contributed by atoms with Crippen molar-refractivity contribution >= 4 is 100 Å². The lowest BCUT2D eigenvalue weighted by molar-refractivity contribution is 0.195. The van der Waals surface area contributed by atoms with Gasteiger partial charge in [-0.05, 0) is 153 Å². The van der Waals surface area contributed by atoms with Gasteiger partial charge in [0.1, 0.15) is 0 Å². The Kier molecular flexibility index (Phi) is 8.13. The van der Waals surface area contributed by atoms with Crippen LogP contribution < -0.4 is 31.1 Å². The van der Waals surface area contributed by atoms with Gasteiger partial charge in [0.25, 0.3) is 6.71 Å². The van der Waals surface area contributed by atoms with Gasteiger partial charge in [-0.15, -0.1) is 11.3 Å². The SMILES string of the molecule is CC(C)(C)c1ccc2c(c1)B1c3cc(C(C)(C)C)cc4c3N(c3cc(N5c6ccccc6C6(C)CCCCC56C)cc(c31)N2c1ccc2sc3ccccc3c2c1)c1cccc2c1C4(C)c1ccccc1-2. The van der Waals surface area contributed by atoms with Crippen LogP contribution in [0.15, 0.2) is 152 Å². The Bertz CT molecular complexity index is 3850. The summed E-state index contributed by atoms with van der Waals surface area (Å²) in [5.74, 6) is 0. The molecule has 5 heterocycles. The third-order valence-corrected chi connectivity index (χ3v) is 20.0. The second kappa shape index (κ2) is 13.7. The van der Waals surface area contributed by atoms with Crippen molar-refractivity contribution in [2.24, 2.45) is 0 Å². The van der Waals surface area contributed by atoms with Gasteiger partial charge in [-0.3, -0.25) is 0 Å². The molecule has 1 saturated carbocycles. The number of para-hydroxylation sites is 1. The first-order valence-corrected chi connectivity index (χ1v) is 27.1. The lowest BCUT2D eigenvalue weighted by atomic mass is 9.32. The Morgan fingerprint density at radius 3 is 1.99 bits per heavy atom. The van der Waals surface area contributed by atoms with Crippen molar-refractivity contribution in [1.29, 1.82) is 0 Å². The molecule has 1 aromatic heterocycles. The number of nitrogens with zero attached hydrogens (tertiary/aromatic N) is 3. The molecule has 0 spiro atoms. The van der Waals surface area contributed by atoms with Crippen LogP contribution in [0.4, 0.5) is 45.5 Å². The predicted octanol–water partition coefficient (Wildman–Crippen LogP) is 16.1. The third-order valence-electron chi connectivity index (χ3n) is 18.8. The molecular weight excluding hydrogens is 878 g/mol. The topological polar surface area (TPSA) is 9.72 Å². The summed E-state index contributed by atoms with van der Waals surface area (Å²) in [6, 6.07) is 60.2. The molecule has 0 N–H and O–H groups in total. The lowest BCUT2D eigenvalue weighted by Gasteiger charge is -2.52. The second-order valence-corrected chi connectivity index (χ2v) is 25.6. The van der Waals surface area contributed by atoms with Gasteiger partial charge < -0.3 is 14.7 Å². The molecule has 6 aliphatic rings. The fraction of sp³-hybridized carbons (Fsp3) is 0.273. The highest BCUT2D eigenvalue weighted by molar-refractivity contribution is 7.25. The average molecular weight is 938 g/mol. The van der Waals surface area contributed by atoms with E-state index in [1.807, 2.05) is 11.3 Å². The summed E-state index contributed by atoms with van der Waals surface area (Å²) < 4.78 is 2.66. The van der Waals surface area contributed by atoms with E-state index >= 15 is 0 Å². The maximum absolute atomic E-state index is 2.82. The molecule has 15 rings (SSSR count). The Morgan fingerprint density at radius 2 is 1.17 bits per heavy atom. The zero-order chi connectivity index (χ0) is 48.3. The van der Waals surface area contributed by atoms with Gasteiger partial charge in [0.15, 0.2) is 0 Å². The fourth-order valence-electron chi connectivity index (χ4n) is 15.1. The van der Waals surface area contributed by atoms with E-state index in [0.29, 0.717) is 0 Å². The van der Waals surface area contributed by atoms with Crippen molar-refractivity contribution in [3.05, 3.63) is 185 Å². The third kappa shape index (κ3) is 5.21. The van der Waals surface area contributed by atoms with Gasteiger partial charge in [0.05, 0.1) is 11.2 Å². The summed E-state index contributed by atoms with van der Waals surface area (Å²) in [4.78, 5) is 8.26. The molecule has 8 aromatic carbocycles. The summed E-state index contributed by atoms with van der Waals surface area (Å²) >= 11 is 1.90. The van der Waals surface area contributed by atoms with E-state index in [1.54, 1.807) is 0 Å². The highest BCUT2D eigenvalue weighted by Crippen LogP contribution is 2.65. The Balaban J connectivity index is 1.11. The van der Waals surface area contributed by atoms with Crippen LogP contribution in [0, 0.1) is 0 Å². The van der Waals surface area contributed by atoms with Crippen molar-refractivity contribution in [1.82, 2.24) is 0 Å². The van der Waals surface area contributed by atoms with Gasteiger partial charge in [0, 0.05) is 70.8 Å². The molecule has 9 aromatic rings. The standard InChI is InChI=1S/C66H60BN3S/c1-62(2,3)39-27-29-53-50(34-39)67-51-35-40(63(4,5)6)33-49-61(51)69(54-25-18-21-45-43-19-10-12-22-47(43)66(49,9)59(45)54)56-38-42(70-52-24-14-13-23-48(52)64(7)31-16-17-32-65(64,70)8)37-55(60(56)67)68(53)41-28-30-58-46(36-41)44-20-11-15-26-57(44)71-58/h10-15,18-30,33-38H,16-17,31-32H2,1-9H3. The number of rotatable bonds is 2. The van der Waals surface area contributed by atoms with E-state index in [1.165, 1.54) is 146 Å². The minimum absolute atomic E-state index is 0.00742. The molecule has 1 fully saturated rings. The van der Waals surface area contributed by atoms with Gasteiger partial charge in [0.2, 0.25) is 0 Å². The van der Waals surface area contributed by atoms with E-state index in [-0.39, 0.29) is 33.9 Å². The fourth-order valence-corrected chi connectivity index (χ4v) is 16.1. The summed E-state index contributed by atoms with van der Waals surface area (Å²) in [5.41, 5.74) is 25.2. The monoisotopic (exact) mass is 937 g/mol. The molecule has 3 atom stereocenters. The Morgan fingerprint density at radius 1 is 0.493 bits per heavy atom. The molecule has 0 radical (unpaired) electrons. The molecule has 2 aliphatic carbocycles. The average Bonchev–Trinajstić information content (AvgIpc) is 3.94. The molecule has 0 saturated heterocycles. The molecule has 5 heteroatoms. The number of anilines is 8. The summed E-state index contributed by atoms with van der Waals surface area (Å²) in [7, 11) is 0. The molecule has 348 valence electrons. The van der Waals surface area contributed by atoms with E-state index in [9.17, 15) is 0 Å². The lowest BCUT2D eigenvalue weighted by Crippen LogP contribution is -2.63. The van der Waals surface area contributed by atoms with Crippen LogP contribution in [0.5, 0.6) is 0 Å². The second-order valence-electron chi connectivity index (χ2n) is 24.6. The van der Waals surface area contributed by atoms with Gasteiger partial charge in [-0.1, -0.05) is 158 Å². The maximum Gasteiger partial charge on any atom is 0.252 e. The van der Waals surface area contributed by atoms with Crippen LogP contribution in [-0.2, 0) is 21.7 Å². The summed E-state index contributed by atoms with van der Waals surface area (Å²) in [6.45, 7) is 22.1. The molecule has 0 bridgehead atoms. The number of hydrogen-bond donors (Lipinski definition) is 0. The van der Waals surface area contributed by atoms with Gasteiger partial charge >= 0.3 is 0 Å². The summed E-state index contributed by atoms with van der Waals surface area (Å²) in [6.07, 6.45) is 4.83. The molecular formula is C66H60BN3S. The number of fused-ring (bicyclic) bond motifs is 15. The Hall–Kier alpha value is -6.56. The summed E-state index contributed by atoms with van der Waals surface area (Å²) in [5, 5.41) is 2.65. The van der Waals surface area contributed by atoms with Crippen LogP contribution in [-0.4, -0.2) is 12.3 Å². The normalized spacial score (nSPS) is 22.0. The highest BCUT2D eigenvalue weighted by Gasteiger charge is 2.59. The van der Waals surface area contributed by atoms with Gasteiger partial charge in [-0.25, -0.2) is 0 Å². The van der Waals surface area contributed by atoms with Crippen molar-refractivity contribution in [3.63, 3.8) is 0 Å². The first kappa shape index (κ1) is 42.2. The van der Waals surface area contributed by atoms with E-state index in [2.05, 4.69) is 229 Å². The van der Waals surface area contributed by atoms with Crippen LogP contribution in [0.1, 0.15) is 121 Å². The Labute approximate surface area is 423 Å². The largest absolute Gasteiger partial charge is 0.334 e. The molecule has 0 amide bonds. The first-order chi connectivity index (χ1) is 34.1. The van der Waals surface area contributed by atoms with E-state index < -0.39 is 0 Å². The van der Waals surface area contributed by atoms with Crippen molar-refractivity contribution in [2.45, 2.75) is 115 Å². The minimum Gasteiger partial charge on any atom is -0.334 e. The van der Waals surface area contributed by atoms with Crippen molar-refractivity contribution in [3.8, 4) is 11.1 Å². The molecule has 4 aliphatic heterocycles. The molecule has 3 nitrogen and oxygen atoms in total. The van der Waals surface area contributed by atoms with Crippen LogP contribution in [0.3, 0.4) is 0 Å². The quantitative estimate of drug-likeness (QED) is 0.160. The van der Waals surface area contributed by atoms with Crippen LogP contribution >= 0.6 is 11.3 Å². The zero-order valence-electron chi connectivity index (χ0n) is 42.6. The maximum atomic E-state index is 2.82. The number of hydrogen-bond acceptors (Lipinski definition) is 4. The highest BCUT2D eigenvalue weighted by atomic mass is 32.1. The van der Waals surface area contributed by atoms with E-state index in [0.717, 1.165) is 6.42 Å². The van der Waals surface area contributed by atoms with Gasteiger partial charge in [-0.2, -0.15) is 0 Å². The van der Waals surface area contributed by atoms with Crippen molar-refractivity contribution in [2.75, 3.05) is 14.7 Å². The first-order valence-electron chi connectivity index (χ1n) is 26.3. The minimum atomic E-state index is -0.344. The number of thiophene rings is 1. The van der Waals surface area contributed by atoms with Crippen LogP contribution in [0.25, 0.3) is 31.3 Å². The predicted molar refractivity (Wildman–Crippen MR) is 305 cm³/mol. The smallest absolute Gasteiger partial charge is 0.252 e. The molecule has 3 unspecified atom stereocenters. The number of benzene rings is 8. The van der Waals surface area contributed by atoms with Crippen molar-refractivity contribution < 1.29 is 0 Å². The molecule has 71 heavy (non-hydrogen) atoms. The van der Waals surface area contributed by atoms with E-state index in [4.69, 9.17) is 0 Å².